The molecule has 4 rings (SSSR count). The van der Waals surface area contributed by atoms with Crippen molar-refractivity contribution in [1.29, 1.82) is 0 Å². The second-order valence-corrected chi connectivity index (χ2v) is 12.5. The van der Waals surface area contributed by atoms with Gasteiger partial charge >= 0.3 is 0 Å². The highest BCUT2D eigenvalue weighted by molar-refractivity contribution is 7.89. The Morgan fingerprint density at radius 2 is 1.47 bits per heavy atom. The highest BCUT2D eigenvalue weighted by atomic mass is 32.2. The molecule has 2 aliphatic rings. The Balaban J connectivity index is 1.48. The van der Waals surface area contributed by atoms with Crippen LogP contribution in [0.2, 0.25) is 0 Å². The van der Waals surface area contributed by atoms with Crippen molar-refractivity contribution < 1.29 is 31.1 Å². The molecule has 2 heterocycles. The molecule has 0 spiro atoms. The van der Waals surface area contributed by atoms with Crippen molar-refractivity contribution >= 4 is 31.6 Å². The van der Waals surface area contributed by atoms with Crippen LogP contribution in [0.1, 0.15) is 25.7 Å². The maximum absolute atomic E-state index is 13.5. The van der Waals surface area contributed by atoms with Gasteiger partial charge in [-0.2, -0.15) is 4.31 Å². The maximum atomic E-state index is 13.5. The van der Waals surface area contributed by atoms with Crippen LogP contribution in [0.15, 0.2) is 64.4 Å². The normalized spacial score (nSPS) is 20.6. The van der Waals surface area contributed by atoms with Gasteiger partial charge in [0.15, 0.2) is 0 Å². The van der Waals surface area contributed by atoms with Crippen molar-refractivity contribution in [2.24, 2.45) is 0 Å². The molecule has 0 bridgehead atoms. The highest BCUT2D eigenvalue weighted by Gasteiger charge is 2.31. The fraction of sp³-hybridized carbons (Fsp3) is 0.458. The van der Waals surface area contributed by atoms with E-state index in [2.05, 4.69) is 10.0 Å². The molecule has 0 radical (unpaired) electrons. The number of hydrogen-bond acceptors (Lipinski definition) is 7. The Kier molecular flexibility index (Phi) is 8.75. The maximum Gasteiger partial charge on any atom is 0.243 e. The Hall–Kier alpha value is -2.35. The van der Waals surface area contributed by atoms with Gasteiger partial charge in [0, 0.05) is 32.0 Å². The number of anilines is 1. The number of carbonyl (C=O) groups excluding carboxylic acids is 1. The van der Waals surface area contributed by atoms with Gasteiger partial charge in [-0.25, -0.2) is 21.6 Å². The number of benzene rings is 2. The molecule has 10 nitrogen and oxygen atoms in total. The second-order valence-electron chi connectivity index (χ2n) is 8.81. The van der Waals surface area contributed by atoms with Gasteiger partial charge in [0.2, 0.25) is 26.0 Å². The SMILES string of the molecule is O=C(CN(C[C@@H]1CCCO1)S(=O)(=O)c1ccc(S(=O)(=O)NC[C@H]2CCCO2)cc1)Nc1ccccc1. The van der Waals surface area contributed by atoms with Crippen molar-refractivity contribution in [3.63, 3.8) is 0 Å². The van der Waals surface area contributed by atoms with Crippen LogP contribution in [-0.4, -0.2) is 72.1 Å². The molecule has 2 aromatic carbocycles. The van der Waals surface area contributed by atoms with Crippen molar-refractivity contribution in [3.8, 4) is 0 Å². The molecule has 2 atom stereocenters. The lowest BCUT2D eigenvalue weighted by atomic mass is 10.2. The van der Waals surface area contributed by atoms with E-state index in [1.807, 2.05) is 6.07 Å². The molecule has 0 unspecified atom stereocenters. The first-order valence-electron chi connectivity index (χ1n) is 11.9. The molecule has 0 aromatic heterocycles. The minimum Gasteiger partial charge on any atom is -0.377 e. The van der Waals surface area contributed by atoms with Gasteiger partial charge in [0.05, 0.1) is 28.5 Å². The Morgan fingerprint density at radius 3 is 2.08 bits per heavy atom. The van der Waals surface area contributed by atoms with E-state index < -0.39 is 32.5 Å². The summed E-state index contributed by atoms with van der Waals surface area (Å²) in [5, 5.41) is 2.70. The number of ether oxygens (including phenoxy) is 2. The van der Waals surface area contributed by atoms with Crippen LogP contribution in [0.25, 0.3) is 0 Å². The summed E-state index contributed by atoms with van der Waals surface area (Å²) in [4.78, 5) is 12.5. The number of nitrogens with zero attached hydrogens (tertiary/aromatic N) is 1. The molecular weight excluding hydrogens is 506 g/mol. The molecule has 12 heteroatoms. The minimum absolute atomic E-state index is 0.0214. The van der Waals surface area contributed by atoms with E-state index in [4.69, 9.17) is 9.47 Å². The summed E-state index contributed by atoms with van der Waals surface area (Å²) in [5.41, 5.74) is 0.557. The molecule has 36 heavy (non-hydrogen) atoms. The average Bonchev–Trinajstić information content (AvgIpc) is 3.58. The van der Waals surface area contributed by atoms with Gasteiger partial charge in [-0.05, 0) is 62.1 Å². The third kappa shape index (κ3) is 6.90. The Morgan fingerprint density at radius 1 is 0.861 bits per heavy atom. The van der Waals surface area contributed by atoms with Gasteiger partial charge in [-0.3, -0.25) is 4.79 Å². The lowest BCUT2D eigenvalue weighted by Gasteiger charge is -2.24. The third-order valence-corrected chi connectivity index (χ3v) is 9.37. The van der Waals surface area contributed by atoms with Crippen LogP contribution in [0.4, 0.5) is 5.69 Å². The second kappa shape index (κ2) is 11.8. The first-order valence-corrected chi connectivity index (χ1v) is 14.8. The lowest BCUT2D eigenvalue weighted by molar-refractivity contribution is -0.116. The zero-order chi connectivity index (χ0) is 25.6. The average molecular weight is 538 g/mol. The zero-order valence-corrected chi connectivity index (χ0v) is 21.5. The number of nitrogens with one attached hydrogen (secondary N) is 2. The van der Waals surface area contributed by atoms with Crippen molar-refractivity contribution in [2.75, 3.05) is 38.2 Å². The summed E-state index contributed by atoms with van der Waals surface area (Å²) in [6, 6.07) is 13.8. The van der Waals surface area contributed by atoms with E-state index in [1.54, 1.807) is 24.3 Å². The molecule has 2 fully saturated rings. The topological polar surface area (TPSA) is 131 Å². The van der Waals surface area contributed by atoms with E-state index in [-0.39, 0.29) is 35.1 Å². The van der Waals surface area contributed by atoms with E-state index in [1.165, 1.54) is 24.3 Å². The number of sulfonamides is 2. The van der Waals surface area contributed by atoms with E-state index >= 15 is 0 Å². The molecule has 2 aromatic rings. The fourth-order valence-electron chi connectivity index (χ4n) is 4.18. The molecule has 2 saturated heterocycles. The largest absolute Gasteiger partial charge is 0.377 e. The van der Waals surface area contributed by atoms with Gasteiger partial charge < -0.3 is 14.8 Å². The van der Waals surface area contributed by atoms with Gasteiger partial charge in [-0.1, -0.05) is 18.2 Å². The quantitative estimate of drug-likeness (QED) is 0.448. The number of para-hydroxylation sites is 1. The standard InChI is InChI=1S/C24H31N3O7S2/c28-24(26-19-6-2-1-3-7-19)18-27(17-21-9-5-15-34-21)36(31,32)23-12-10-22(11-13-23)35(29,30)25-16-20-8-4-14-33-20/h1-3,6-7,10-13,20-21,25H,4-5,8-9,14-18H2,(H,26,28)/t20-,21+/m1/s1. The van der Waals surface area contributed by atoms with Crippen LogP contribution < -0.4 is 10.0 Å². The number of rotatable bonds is 11. The molecule has 0 saturated carbocycles. The van der Waals surface area contributed by atoms with Crippen LogP contribution in [0.5, 0.6) is 0 Å². The lowest BCUT2D eigenvalue weighted by Crippen LogP contribution is -2.42. The number of amides is 1. The van der Waals surface area contributed by atoms with Crippen LogP contribution in [-0.2, 0) is 34.3 Å². The van der Waals surface area contributed by atoms with E-state index in [0.717, 1.165) is 23.6 Å². The predicted octanol–water partition coefficient (Wildman–Crippen LogP) is 1.95. The van der Waals surface area contributed by atoms with Crippen LogP contribution in [0, 0.1) is 0 Å². The molecule has 1 amide bonds. The molecule has 2 aliphatic heterocycles. The first kappa shape index (κ1) is 26.7. The van der Waals surface area contributed by atoms with E-state index in [9.17, 15) is 21.6 Å². The van der Waals surface area contributed by atoms with Crippen molar-refractivity contribution in [1.82, 2.24) is 9.03 Å². The predicted molar refractivity (Wildman–Crippen MR) is 133 cm³/mol. The Labute approximate surface area is 212 Å². The van der Waals surface area contributed by atoms with Gasteiger partial charge in [0.25, 0.3) is 0 Å². The third-order valence-electron chi connectivity index (χ3n) is 6.11. The van der Waals surface area contributed by atoms with Crippen LogP contribution in [0.3, 0.4) is 0 Å². The summed E-state index contributed by atoms with van der Waals surface area (Å²) >= 11 is 0. The summed E-state index contributed by atoms with van der Waals surface area (Å²) in [6.07, 6.45) is 2.72. The molecule has 196 valence electrons. The Bertz CT molecular complexity index is 1220. The van der Waals surface area contributed by atoms with Gasteiger partial charge in [0.1, 0.15) is 0 Å². The summed E-state index contributed by atoms with van der Waals surface area (Å²) in [7, 11) is -7.93. The fourth-order valence-corrected chi connectivity index (χ4v) is 6.67. The zero-order valence-electron chi connectivity index (χ0n) is 19.8. The summed E-state index contributed by atoms with van der Waals surface area (Å²) < 4.78 is 66.9. The molecular formula is C24H31N3O7S2. The van der Waals surface area contributed by atoms with Crippen molar-refractivity contribution in [2.45, 2.75) is 47.7 Å². The summed E-state index contributed by atoms with van der Waals surface area (Å²) in [5.74, 6) is -0.486. The molecule has 2 N–H and O–H groups in total. The van der Waals surface area contributed by atoms with Crippen molar-refractivity contribution in [3.05, 3.63) is 54.6 Å². The number of hydrogen-bond donors (Lipinski definition) is 2. The highest BCUT2D eigenvalue weighted by Crippen LogP contribution is 2.22. The molecule has 0 aliphatic carbocycles. The summed E-state index contributed by atoms with van der Waals surface area (Å²) in [6.45, 7) is 0.937. The smallest absolute Gasteiger partial charge is 0.243 e. The van der Waals surface area contributed by atoms with Crippen LogP contribution >= 0.6 is 0 Å². The van der Waals surface area contributed by atoms with Gasteiger partial charge in [-0.15, -0.1) is 0 Å². The monoisotopic (exact) mass is 537 g/mol. The van der Waals surface area contributed by atoms with E-state index in [0.29, 0.717) is 25.3 Å². The minimum atomic E-state index is -4.11. The first-order chi connectivity index (χ1) is 17.2. The number of carbonyl (C=O) groups is 1.